The predicted molar refractivity (Wildman–Crippen MR) is 73.8 cm³/mol. The van der Waals surface area contributed by atoms with E-state index in [1.54, 1.807) is 0 Å². The summed E-state index contributed by atoms with van der Waals surface area (Å²) in [7, 11) is 0. The highest BCUT2D eigenvalue weighted by molar-refractivity contribution is 5.53. The van der Waals surface area contributed by atoms with Crippen LogP contribution < -0.4 is 15.8 Å². The van der Waals surface area contributed by atoms with Crippen molar-refractivity contribution >= 4 is 11.4 Å². The number of para-hydroxylation sites is 1. The zero-order valence-electron chi connectivity index (χ0n) is 10.1. The quantitative estimate of drug-likeness (QED) is 0.792. The minimum atomic E-state index is 0.304. The largest absolute Gasteiger partial charge is 0.493 e. The number of fused-ring (bicyclic) bond motifs is 1. The molecule has 0 radical (unpaired) electrons. The Morgan fingerprint density at radius 2 is 1.83 bits per heavy atom. The molecule has 0 bridgehead atoms. The Labute approximate surface area is 107 Å². The van der Waals surface area contributed by atoms with Crippen LogP contribution in [0.1, 0.15) is 18.0 Å². The molecular formula is C15H16N2O. The van der Waals surface area contributed by atoms with E-state index in [4.69, 9.17) is 10.5 Å². The van der Waals surface area contributed by atoms with E-state index in [0.717, 1.165) is 30.2 Å². The molecule has 1 unspecified atom stereocenters. The van der Waals surface area contributed by atoms with Gasteiger partial charge in [0.25, 0.3) is 0 Å². The lowest BCUT2D eigenvalue weighted by Crippen LogP contribution is -2.20. The number of nitrogen functional groups attached to an aromatic ring is 1. The van der Waals surface area contributed by atoms with Gasteiger partial charge in [-0.3, -0.25) is 0 Å². The minimum Gasteiger partial charge on any atom is -0.493 e. The maximum Gasteiger partial charge on any atom is 0.124 e. The van der Waals surface area contributed by atoms with Gasteiger partial charge in [0.05, 0.1) is 12.6 Å². The number of nitrogens with two attached hydrogens (primary N) is 1. The second-order valence-electron chi connectivity index (χ2n) is 4.49. The summed E-state index contributed by atoms with van der Waals surface area (Å²) in [6, 6.07) is 16.3. The average molecular weight is 240 g/mol. The van der Waals surface area contributed by atoms with Crippen molar-refractivity contribution < 1.29 is 4.74 Å². The topological polar surface area (TPSA) is 47.3 Å². The summed E-state index contributed by atoms with van der Waals surface area (Å²) in [5.41, 5.74) is 8.79. The number of nitrogens with one attached hydrogen (secondary N) is 1. The van der Waals surface area contributed by atoms with Gasteiger partial charge in [0.2, 0.25) is 0 Å². The van der Waals surface area contributed by atoms with E-state index in [9.17, 15) is 0 Å². The zero-order valence-corrected chi connectivity index (χ0v) is 10.1. The average Bonchev–Trinajstić information content (AvgIpc) is 2.42. The molecule has 0 aromatic heterocycles. The molecule has 0 spiro atoms. The van der Waals surface area contributed by atoms with Crippen molar-refractivity contribution in [1.82, 2.24) is 0 Å². The van der Waals surface area contributed by atoms with Gasteiger partial charge in [-0.15, -0.1) is 0 Å². The summed E-state index contributed by atoms with van der Waals surface area (Å²) in [4.78, 5) is 0. The highest BCUT2D eigenvalue weighted by Gasteiger charge is 2.20. The van der Waals surface area contributed by atoms with Gasteiger partial charge in [0.15, 0.2) is 0 Å². The summed E-state index contributed by atoms with van der Waals surface area (Å²) < 4.78 is 5.65. The number of benzene rings is 2. The maximum absolute atomic E-state index is 5.69. The van der Waals surface area contributed by atoms with E-state index in [-0.39, 0.29) is 0 Å². The summed E-state index contributed by atoms with van der Waals surface area (Å²) in [5.74, 6) is 0.983. The molecule has 2 aromatic carbocycles. The van der Waals surface area contributed by atoms with E-state index in [2.05, 4.69) is 11.4 Å². The van der Waals surface area contributed by atoms with Crippen molar-refractivity contribution in [3.8, 4) is 5.75 Å². The number of hydrogen-bond acceptors (Lipinski definition) is 3. The Morgan fingerprint density at radius 1 is 1.06 bits per heavy atom. The van der Waals surface area contributed by atoms with Crippen LogP contribution in [-0.2, 0) is 0 Å². The maximum atomic E-state index is 5.69. The SMILES string of the molecule is Nc1ccc(NC2CCOc3ccccc32)cc1. The van der Waals surface area contributed by atoms with Crippen molar-refractivity contribution in [3.05, 3.63) is 54.1 Å². The molecule has 18 heavy (non-hydrogen) atoms. The van der Waals surface area contributed by atoms with E-state index < -0.39 is 0 Å². The standard InChI is InChI=1S/C15H16N2O/c16-11-5-7-12(8-6-11)17-14-9-10-18-15-4-2-1-3-13(14)15/h1-8,14,17H,9-10,16H2. The first-order chi connectivity index (χ1) is 8.83. The van der Waals surface area contributed by atoms with Gasteiger partial charge in [-0.05, 0) is 30.3 Å². The number of ether oxygens (including phenoxy) is 1. The van der Waals surface area contributed by atoms with Gasteiger partial charge in [-0.1, -0.05) is 18.2 Å². The first-order valence-corrected chi connectivity index (χ1v) is 6.17. The van der Waals surface area contributed by atoms with Crippen LogP contribution in [0.3, 0.4) is 0 Å². The first kappa shape index (κ1) is 11.0. The normalized spacial score (nSPS) is 17.7. The van der Waals surface area contributed by atoms with Gasteiger partial charge in [-0.2, -0.15) is 0 Å². The molecule has 92 valence electrons. The lowest BCUT2D eigenvalue weighted by Gasteiger charge is -2.27. The van der Waals surface area contributed by atoms with E-state index >= 15 is 0 Å². The fraction of sp³-hybridized carbons (Fsp3) is 0.200. The summed E-state index contributed by atoms with van der Waals surface area (Å²) in [6.07, 6.45) is 0.974. The third-order valence-corrected chi connectivity index (χ3v) is 3.21. The molecule has 0 fully saturated rings. The molecule has 1 atom stereocenters. The van der Waals surface area contributed by atoms with Crippen molar-refractivity contribution in [1.29, 1.82) is 0 Å². The molecule has 3 N–H and O–H groups in total. The molecule has 0 amide bonds. The fourth-order valence-corrected chi connectivity index (χ4v) is 2.27. The van der Waals surface area contributed by atoms with Crippen molar-refractivity contribution in [2.45, 2.75) is 12.5 Å². The third-order valence-electron chi connectivity index (χ3n) is 3.21. The summed E-state index contributed by atoms with van der Waals surface area (Å²) in [5, 5.41) is 3.53. The van der Waals surface area contributed by atoms with Crippen LogP contribution in [0.4, 0.5) is 11.4 Å². The highest BCUT2D eigenvalue weighted by Crippen LogP contribution is 2.33. The molecule has 0 saturated carbocycles. The van der Waals surface area contributed by atoms with Crippen molar-refractivity contribution in [3.63, 3.8) is 0 Å². The van der Waals surface area contributed by atoms with Gasteiger partial charge in [0.1, 0.15) is 5.75 Å². The van der Waals surface area contributed by atoms with Crippen LogP contribution in [0.5, 0.6) is 5.75 Å². The molecule has 3 heteroatoms. The first-order valence-electron chi connectivity index (χ1n) is 6.17. The number of rotatable bonds is 2. The Balaban J connectivity index is 1.84. The molecule has 1 aliphatic heterocycles. The predicted octanol–water partition coefficient (Wildman–Crippen LogP) is 3.20. The summed E-state index contributed by atoms with van der Waals surface area (Å²) >= 11 is 0. The molecule has 1 heterocycles. The molecule has 3 nitrogen and oxygen atoms in total. The van der Waals surface area contributed by atoms with E-state index in [1.807, 2.05) is 42.5 Å². The number of hydrogen-bond donors (Lipinski definition) is 2. The van der Waals surface area contributed by atoms with Crippen molar-refractivity contribution in [2.24, 2.45) is 0 Å². The van der Waals surface area contributed by atoms with Crippen LogP contribution in [0, 0.1) is 0 Å². The van der Waals surface area contributed by atoms with Crippen LogP contribution in [-0.4, -0.2) is 6.61 Å². The van der Waals surface area contributed by atoms with Gasteiger partial charge >= 0.3 is 0 Å². The van der Waals surface area contributed by atoms with Crippen molar-refractivity contribution in [2.75, 3.05) is 17.7 Å². The lowest BCUT2D eigenvalue weighted by molar-refractivity contribution is 0.274. The van der Waals surface area contributed by atoms with E-state index in [0.29, 0.717) is 6.04 Å². The second kappa shape index (κ2) is 4.61. The molecule has 1 aliphatic rings. The van der Waals surface area contributed by atoms with E-state index in [1.165, 1.54) is 5.56 Å². The smallest absolute Gasteiger partial charge is 0.124 e. The van der Waals surface area contributed by atoms with Gasteiger partial charge in [-0.25, -0.2) is 0 Å². The van der Waals surface area contributed by atoms with Crippen LogP contribution in [0.25, 0.3) is 0 Å². The molecule has 0 saturated heterocycles. The number of anilines is 2. The summed E-state index contributed by atoms with van der Waals surface area (Å²) in [6.45, 7) is 0.754. The van der Waals surface area contributed by atoms with Crippen LogP contribution >= 0.6 is 0 Å². The van der Waals surface area contributed by atoms with Crippen LogP contribution in [0.2, 0.25) is 0 Å². The molecule has 0 aliphatic carbocycles. The zero-order chi connectivity index (χ0) is 12.4. The molecule has 2 aromatic rings. The third kappa shape index (κ3) is 2.12. The lowest BCUT2D eigenvalue weighted by atomic mass is 10.0. The highest BCUT2D eigenvalue weighted by atomic mass is 16.5. The Hall–Kier alpha value is -2.16. The fourth-order valence-electron chi connectivity index (χ4n) is 2.27. The van der Waals surface area contributed by atoms with Crippen LogP contribution in [0.15, 0.2) is 48.5 Å². The van der Waals surface area contributed by atoms with Gasteiger partial charge < -0.3 is 15.8 Å². The Morgan fingerprint density at radius 3 is 2.67 bits per heavy atom. The molecule has 3 rings (SSSR count). The second-order valence-corrected chi connectivity index (χ2v) is 4.49. The Bertz CT molecular complexity index is 536. The monoisotopic (exact) mass is 240 g/mol. The Kier molecular flexibility index (Phi) is 2.81. The van der Waals surface area contributed by atoms with Gasteiger partial charge in [0, 0.05) is 23.4 Å². The minimum absolute atomic E-state index is 0.304. The molecular weight excluding hydrogens is 224 g/mol.